The number of benzene rings is 1. The van der Waals surface area contributed by atoms with Gasteiger partial charge in [-0.15, -0.1) is 0 Å². The average Bonchev–Trinajstić information content (AvgIpc) is 3.25. The summed E-state index contributed by atoms with van der Waals surface area (Å²) < 4.78 is 0. The number of nitrogens with one attached hydrogen (secondary N) is 2. The van der Waals surface area contributed by atoms with E-state index in [9.17, 15) is 0 Å². The number of aromatic amines is 1. The van der Waals surface area contributed by atoms with Gasteiger partial charge >= 0.3 is 0 Å². The van der Waals surface area contributed by atoms with Crippen molar-refractivity contribution in [2.45, 2.75) is 25.8 Å². The first kappa shape index (κ1) is 19.9. The number of anilines is 1. The predicted octanol–water partition coefficient (Wildman–Crippen LogP) is 4.83. The molecule has 0 saturated heterocycles. The lowest BCUT2D eigenvalue weighted by Crippen LogP contribution is -2.34. The van der Waals surface area contributed by atoms with Gasteiger partial charge in [0.05, 0.1) is 6.20 Å². The molecule has 6 heteroatoms. The number of aromatic nitrogens is 4. The van der Waals surface area contributed by atoms with Crippen molar-refractivity contribution in [3.05, 3.63) is 67.3 Å². The minimum absolute atomic E-state index is 0.454. The molecule has 1 aromatic carbocycles. The topological polar surface area (TPSA) is 69.7 Å². The Morgan fingerprint density at radius 3 is 2.73 bits per heavy atom. The van der Waals surface area contributed by atoms with Crippen LogP contribution in [0.15, 0.2) is 61.7 Å². The Bertz CT molecular complexity index is 1050. The van der Waals surface area contributed by atoms with Gasteiger partial charge in [-0.25, -0.2) is 9.97 Å². The molecule has 0 bridgehead atoms. The van der Waals surface area contributed by atoms with Crippen molar-refractivity contribution < 1.29 is 0 Å². The molecule has 0 aliphatic heterocycles. The highest BCUT2D eigenvalue weighted by Gasteiger charge is 2.26. The van der Waals surface area contributed by atoms with Gasteiger partial charge in [0.25, 0.3) is 0 Å². The van der Waals surface area contributed by atoms with E-state index in [0.717, 1.165) is 52.4 Å². The van der Waals surface area contributed by atoms with E-state index in [0.29, 0.717) is 11.9 Å². The highest BCUT2D eigenvalue weighted by molar-refractivity contribution is 5.78. The molecule has 0 spiro atoms. The lowest BCUT2D eigenvalue weighted by atomic mass is 9.82. The van der Waals surface area contributed by atoms with Gasteiger partial charge in [0.1, 0.15) is 5.82 Å². The fourth-order valence-electron chi connectivity index (χ4n) is 3.82. The lowest BCUT2D eigenvalue weighted by molar-refractivity contribution is 0.308. The minimum atomic E-state index is 0.454. The molecule has 0 amide bonds. The fraction of sp³-hybridized carbons (Fsp3) is 0.292. The van der Waals surface area contributed by atoms with E-state index in [1.165, 1.54) is 0 Å². The Morgan fingerprint density at radius 2 is 2.07 bits per heavy atom. The van der Waals surface area contributed by atoms with E-state index >= 15 is 0 Å². The molecule has 0 unspecified atom stereocenters. The Balaban J connectivity index is 1.71. The third-order valence-corrected chi connectivity index (χ3v) is 5.38. The molecular formula is C24H28N6. The van der Waals surface area contributed by atoms with Gasteiger partial charge in [-0.1, -0.05) is 37.8 Å². The van der Waals surface area contributed by atoms with E-state index in [1.807, 2.05) is 49.6 Å². The molecular weight excluding hydrogens is 372 g/mol. The summed E-state index contributed by atoms with van der Waals surface area (Å²) in [7, 11) is 4.01. The SMILES string of the molecule is C=C/C(=C\N(C)C)c1cccc(-c2ncc(-c3cn[nH]c3)c(NC3CC(C)C3)n2)c1. The van der Waals surface area contributed by atoms with Gasteiger partial charge in [-0.3, -0.25) is 5.10 Å². The van der Waals surface area contributed by atoms with Crippen LogP contribution in [-0.4, -0.2) is 45.2 Å². The Morgan fingerprint density at radius 1 is 1.23 bits per heavy atom. The smallest absolute Gasteiger partial charge is 0.161 e. The Labute approximate surface area is 177 Å². The zero-order valence-electron chi connectivity index (χ0n) is 17.8. The molecule has 1 aliphatic rings. The van der Waals surface area contributed by atoms with Gasteiger partial charge < -0.3 is 10.2 Å². The largest absolute Gasteiger partial charge is 0.383 e. The summed E-state index contributed by atoms with van der Waals surface area (Å²) in [5.41, 5.74) is 5.05. The molecule has 4 rings (SSSR count). The third-order valence-electron chi connectivity index (χ3n) is 5.38. The second-order valence-electron chi connectivity index (χ2n) is 8.19. The summed E-state index contributed by atoms with van der Waals surface area (Å²) in [5.74, 6) is 2.32. The number of allylic oxidation sites excluding steroid dienone is 2. The zero-order chi connectivity index (χ0) is 21.1. The minimum Gasteiger partial charge on any atom is -0.383 e. The molecule has 0 atom stereocenters. The summed E-state index contributed by atoms with van der Waals surface area (Å²) >= 11 is 0. The van der Waals surface area contributed by atoms with Crippen LogP contribution >= 0.6 is 0 Å². The normalized spacial score (nSPS) is 18.6. The summed E-state index contributed by atoms with van der Waals surface area (Å²) in [6.07, 6.45) is 11.8. The van der Waals surface area contributed by atoms with Crippen molar-refractivity contribution in [1.29, 1.82) is 0 Å². The van der Waals surface area contributed by atoms with Crippen LogP contribution in [0, 0.1) is 5.92 Å². The number of rotatable bonds is 7. The first-order chi connectivity index (χ1) is 14.5. The second-order valence-corrected chi connectivity index (χ2v) is 8.19. The van der Waals surface area contributed by atoms with Crippen molar-refractivity contribution in [3.8, 4) is 22.5 Å². The van der Waals surface area contributed by atoms with Gasteiger partial charge in [0.2, 0.25) is 0 Å². The van der Waals surface area contributed by atoms with Crippen molar-refractivity contribution in [1.82, 2.24) is 25.1 Å². The van der Waals surface area contributed by atoms with Gasteiger partial charge in [-0.2, -0.15) is 5.10 Å². The van der Waals surface area contributed by atoms with Crippen molar-refractivity contribution in [2.24, 2.45) is 5.92 Å². The van der Waals surface area contributed by atoms with Crippen LogP contribution in [0.5, 0.6) is 0 Å². The van der Waals surface area contributed by atoms with Crippen molar-refractivity contribution in [3.63, 3.8) is 0 Å². The van der Waals surface area contributed by atoms with Crippen molar-refractivity contribution in [2.75, 3.05) is 19.4 Å². The first-order valence-electron chi connectivity index (χ1n) is 10.3. The summed E-state index contributed by atoms with van der Waals surface area (Å²) in [5, 5.41) is 10.6. The van der Waals surface area contributed by atoms with Crippen LogP contribution in [0.2, 0.25) is 0 Å². The monoisotopic (exact) mass is 400 g/mol. The van der Waals surface area contributed by atoms with E-state index in [-0.39, 0.29) is 0 Å². The maximum absolute atomic E-state index is 4.91. The van der Waals surface area contributed by atoms with Crippen LogP contribution in [-0.2, 0) is 0 Å². The summed E-state index contributed by atoms with van der Waals surface area (Å²) in [4.78, 5) is 11.6. The molecule has 2 N–H and O–H groups in total. The molecule has 1 aliphatic carbocycles. The number of hydrogen-bond acceptors (Lipinski definition) is 5. The molecule has 1 saturated carbocycles. The van der Waals surface area contributed by atoms with E-state index in [1.54, 1.807) is 6.20 Å². The Hall–Kier alpha value is -3.41. The number of nitrogens with zero attached hydrogens (tertiary/aromatic N) is 4. The average molecular weight is 401 g/mol. The van der Waals surface area contributed by atoms with Crippen LogP contribution in [0.1, 0.15) is 25.3 Å². The van der Waals surface area contributed by atoms with Crippen LogP contribution in [0.25, 0.3) is 28.1 Å². The molecule has 1 fully saturated rings. The highest BCUT2D eigenvalue weighted by Crippen LogP contribution is 2.34. The maximum atomic E-state index is 4.91. The quantitative estimate of drug-likeness (QED) is 0.556. The van der Waals surface area contributed by atoms with E-state index in [2.05, 4.69) is 52.3 Å². The van der Waals surface area contributed by atoms with Gasteiger partial charge in [-0.05, 0) is 36.0 Å². The van der Waals surface area contributed by atoms with Crippen LogP contribution in [0.4, 0.5) is 5.82 Å². The predicted molar refractivity (Wildman–Crippen MR) is 123 cm³/mol. The molecule has 0 radical (unpaired) electrons. The van der Waals surface area contributed by atoms with Gasteiger partial charge in [0, 0.05) is 55.4 Å². The van der Waals surface area contributed by atoms with Crippen LogP contribution < -0.4 is 5.32 Å². The third kappa shape index (κ3) is 4.27. The Kier molecular flexibility index (Phi) is 5.65. The van der Waals surface area contributed by atoms with Crippen molar-refractivity contribution >= 4 is 11.4 Å². The van der Waals surface area contributed by atoms with Gasteiger partial charge in [0.15, 0.2) is 5.82 Å². The van der Waals surface area contributed by atoms with Crippen LogP contribution in [0.3, 0.4) is 0 Å². The van der Waals surface area contributed by atoms with E-state index in [4.69, 9.17) is 4.98 Å². The fourth-order valence-corrected chi connectivity index (χ4v) is 3.82. The molecule has 2 heterocycles. The highest BCUT2D eigenvalue weighted by atomic mass is 15.1. The number of H-pyrrole nitrogens is 1. The summed E-state index contributed by atoms with van der Waals surface area (Å²) in [6.45, 7) is 6.24. The first-order valence-corrected chi connectivity index (χ1v) is 10.3. The second kappa shape index (κ2) is 8.53. The standard InChI is InChI=1S/C24H28N6/c1-5-17(15-30(3)4)18-7-6-8-19(11-18)23-25-14-22(20-12-26-27-13-20)24(29-23)28-21-9-16(2)10-21/h5-8,11-16,21H,1,9-10H2,2-4H3,(H,26,27)(H,25,28,29)/b17-15+. The lowest BCUT2D eigenvalue weighted by Gasteiger charge is -2.34. The van der Waals surface area contributed by atoms with E-state index < -0.39 is 0 Å². The molecule has 30 heavy (non-hydrogen) atoms. The molecule has 2 aromatic heterocycles. The number of hydrogen-bond donors (Lipinski definition) is 2. The zero-order valence-corrected chi connectivity index (χ0v) is 17.8. The summed E-state index contributed by atoms with van der Waals surface area (Å²) in [6, 6.07) is 8.72. The maximum Gasteiger partial charge on any atom is 0.161 e. The molecule has 154 valence electrons. The molecule has 3 aromatic rings. The molecule has 6 nitrogen and oxygen atoms in total.